The Kier molecular flexibility index (Phi) is 2.17. The molecule has 20 heavy (non-hydrogen) atoms. The number of H-pyrrole nitrogens is 1. The van der Waals surface area contributed by atoms with Crippen LogP contribution in [0.4, 0.5) is 5.82 Å². The van der Waals surface area contributed by atoms with Crippen molar-refractivity contribution in [2.75, 3.05) is 5.32 Å². The van der Waals surface area contributed by atoms with Gasteiger partial charge in [0.1, 0.15) is 0 Å². The summed E-state index contributed by atoms with van der Waals surface area (Å²) in [5.41, 5.74) is 3.70. The maximum atomic E-state index is 11.9. The lowest BCUT2D eigenvalue weighted by Crippen LogP contribution is -2.23. The largest absolute Gasteiger partial charge is 0.309 e. The van der Waals surface area contributed by atoms with Crippen molar-refractivity contribution in [3.8, 4) is 0 Å². The highest BCUT2D eigenvalue weighted by molar-refractivity contribution is 5.94. The molecular weight excluding hydrogens is 256 g/mol. The molecular formula is C13H12N6O. The van der Waals surface area contributed by atoms with Crippen LogP contribution in [0.2, 0.25) is 0 Å². The maximum absolute atomic E-state index is 11.9. The molecule has 1 unspecified atom stereocenters. The van der Waals surface area contributed by atoms with Crippen molar-refractivity contribution in [2.24, 2.45) is 0 Å². The molecule has 3 aromatic rings. The van der Waals surface area contributed by atoms with E-state index in [1.807, 2.05) is 19.2 Å². The number of carbonyl (C=O) groups is 1. The van der Waals surface area contributed by atoms with Crippen molar-refractivity contribution in [3.05, 3.63) is 41.5 Å². The minimum atomic E-state index is -0.0649. The standard InChI is InChI=1S/C13H12N6O/c1-7-11-8(5-10(20)16-12(11)18-17-7)9-6-15-19-4-2-3-14-13(9)19/h2-4,6,8H,5H2,1H3,(H2,16,17,18,20). The zero-order valence-electron chi connectivity index (χ0n) is 10.8. The predicted octanol–water partition coefficient (Wildman–Crippen LogP) is 1.23. The molecule has 0 radical (unpaired) electrons. The van der Waals surface area contributed by atoms with E-state index < -0.39 is 0 Å². The van der Waals surface area contributed by atoms with Crippen molar-refractivity contribution >= 4 is 17.4 Å². The van der Waals surface area contributed by atoms with Gasteiger partial charge in [0, 0.05) is 41.6 Å². The monoisotopic (exact) mass is 268 g/mol. The second-order valence-electron chi connectivity index (χ2n) is 4.90. The summed E-state index contributed by atoms with van der Waals surface area (Å²) < 4.78 is 1.72. The van der Waals surface area contributed by atoms with Crippen LogP contribution < -0.4 is 5.32 Å². The fourth-order valence-electron chi connectivity index (χ4n) is 2.79. The molecule has 3 aromatic heterocycles. The van der Waals surface area contributed by atoms with Crippen LogP contribution in [-0.4, -0.2) is 30.7 Å². The SMILES string of the molecule is Cc1[nH]nc2c1C(c1cnn3cccnc13)CC(=O)N2. The molecule has 7 heteroatoms. The summed E-state index contributed by atoms with van der Waals surface area (Å²) in [5, 5.41) is 14.2. The lowest BCUT2D eigenvalue weighted by Gasteiger charge is -2.21. The van der Waals surface area contributed by atoms with E-state index in [9.17, 15) is 4.79 Å². The summed E-state index contributed by atoms with van der Waals surface area (Å²) >= 11 is 0. The number of aromatic amines is 1. The second-order valence-corrected chi connectivity index (χ2v) is 4.90. The highest BCUT2D eigenvalue weighted by Gasteiger charge is 2.32. The van der Waals surface area contributed by atoms with Gasteiger partial charge in [0.05, 0.1) is 6.20 Å². The molecule has 1 aliphatic rings. The van der Waals surface area contributed by atoms with Gasteiger partial charge in [0.15, 0.2) is 11.5 Å². The van der Waals surface area contributed by atoms with Gasteiger partial charge in [0.25, 0.3) is 0 Å². The number of hydrogen-bond acceptors (Lipinski definition) is 4. The van der Waals surface area contributed by atoms with Crippen LogP contribution in [-0.2, 0) is 4.79 Å². The highest BCUT2D eigenvalue weighted by Crippen LogP contribution is 2.38. The number of fused-ring (bicyclic) bond motifs is 2. The van der Waals surface area contributed by atoms with Crippen LogP contribution in [0.15, 0.2) is 24.7 Å². The van der Waals surface area contributed by atoms with E-state index in [2.05, 4.69) is 25.6 Å². The van der Waals surface area contributed by atoms with Crippen LogP contribution in [0.25, 0.3) is 5.65 Å². The van der Waals surface area contributed by atoms with Gasteiger partial charge in [-0.3, -0.25) is 9.89 Å². The molecule has 0 saturated carbocycles. The molecule has 0 saturated heterocycles. The number of nitrogens with one attached hydrogen (secondary N) is 2. The Labute approximate surface area is 114 Å². The van der Waals surface area contributed by atoms with Crippen LogP contribution in [0.3, 0.4) is 0 Å². The van der Waals surface area contributed by atoms with E-state index in [1.54, 1.807) is 16.9 Å². The Balaban J connectivity index is 1.94. The third-order valence-electron chi connectivity index (χ3n) is 3.67. The number of hydrogen-bond donors (Lipinski definition) is 2. The van der Waals surface area contributed by atoms with Crippen LogP contribution in [0.5, 0.6) is 0 Å². The Bertz CT molecular complexity index is 817. The van der Waals surface area contributed by atoms with Crippen LogP contribution in [0, 0.1) is 6.92 Å². The number of amides is 1. The van der Waals surface area contributed by atoms with Crippen molar-refractivity contribution in [3.63, 3.8) is 0 Å². The Morgan fingerprint density at radius 1 is 1.45 bits per heavy atom. The van der Waals surface area contributed by atoms with Gasteiger partial charge in [-0.05, 0) is 13.0 Å². The van der Waals surface area contributed by atoms with Gasteiger partial charge in [-0.15, -0.1) is 0 Å². The van der Waals surface area contributed by atoms with Gasteiger partial charge in [-0.1, -0.05) is 0 Å². The van der Waals surface area contributed by atoms with E-state index in [0.29, 0.717) is 12.2 Å². The number of anilines is 1. The number of nitrogens with zero attached hydrogens (tertiary/aromatic N) is 4. The van der Waals surface area contributed by atoms with Gasteiger partial charge in [-0.25, -0.2) is 9.50 Å². The lowest BCUT2D eigenvalue weighted by molar-refractivity contribution is -0.116. The van der Waals surface area contributed by atoms with E-state index >= 15 is 0 Å². The number of aryl methyl sites for hydroxylation is 1. The topological polar surface area (TPSA) is 88.0 Å². The van der Waals surface area contributed by atoms with Crippen LogP contribution in [0.1, 0.15) is 29.2 Å². The summed E-state index contributed by atoms with van der Waals surface area (Å²) in [6.45, 7) is 1.95. The molecule has 4 rings (SSSR count). The van der Waals surface area contributed by atoms with E-state index in [1.165, 1.54) is 0 Å². The van der Waals surface area contributed by atoms with E-state index in [-0.39, 0.29) is 11.8 Å². The molecule has 7 nitrogen and oxygen atoms in total. The minimum absolute atomic E-state index is 0.0377. The van der Waals surface area contributed by atoms with Gasteiger partial charge >= 0.3 is 0 Å². The van der Waals surface area contributed by atoms with Gasteiger partial charge in [-0.2, -0.15) is 10.2 Å². The Morgan fingerprint density at radius 3 is 3.25 bits per heavy atom. The summed E-state index contributed by atoms with van der Waals surface area (Å²) in [5.74, 6) is 0.508. The first-order chi connectivity index (χ1) is 9.74. The molecule has 1 aliphatic heterocycles. The second kappa shape index (κ2) is 3.89. The average Bonchev–Trinajstić information content (AvgIpc) is 3.02. The summed E-state index contributed by atoms with van der Waals surface area (Å²) in [7, 11) is 0. The predicted molar refractivity (Wildman–Crippen MR) is 71.4 cm³/mol. The van der Waals surface area contributed by atoms with Crippen molar-refractivity contribution in [2.45, 2.75) is 19.3 Å². The zero-order valence-corrected chi connectivity index (χ0v) is 10.8. The molecule has 0 bridgehead atoms. The summed E-state index contributed by atoms with van der Waals surface area (Å²) in [4.78, 5) is 16.2. The Hall–Kier alpha value is -2.70. The third kappa shape index (κ3) is 1.46. The number of rotatable bonds is 1. The van der Waals surface area contributed by atoms with E-state index in [0.717, 1.165) is 22.5 Å². The maximum Gasteiger partial charge on any atom is 0.226 e. The minimum Gasteiger partial charge on any atom is -0.309 e. The lowest BCUT2D eigenvalue weighted by atomic mass is 9.87. The molecule has 0 aliphatic carbocycles. The first-order valence-corrected chi connectivity index (χ1v) is 6.37. The van der Waals surface area contributed by atoms with Crippen molar-refractivity contribution < 1.29 is 4.79 Å². The van der Waals surface area contributed by atoms with E-state index in [4.69, 9.17) is 0 Å². The normalized spacial score (nSPS) is 18.1. The van der Waals surface area contributed by atoms with Crippen LogP contribution >= 0.6 is 0 Å². The Morgan fingerprint density at radius 2 is 2.35 bits per heavy atom. The fourth-order valence-corrected chi connectivity index (χ4v) is 2.79. The quantitative estimate of drug-likeness (QED) is 0.695. The fraction of sp³-hybridized carbons (Fsp3) is 0.231. The molecule has 1 atom stereocenters. The van der Waals surface area contributed by atoms with Crippen molar-refractivity contribution in [1.82, 2.24) is 24.8 Å². The molecule has 4 heterocycles. The van der Waals surface area contributed by atoms with Gasteiger partial charge in [0.2, 0.25) is 5.91 Å². The molecule has 2 N–H and O–H groups in total. The summed E-state index contributed by atoms with van der Waals surface area (Å²) in [6, 6.07) is 1.83. The first kappa shape index (κ1) is 11.2. The third-order valence-corrected chi connectivity index (χ3v) is 3.67. The van der Waals surface area contributed by atoms with Gasteiger partial charge < -0.3 is 5.32 Å². The molecule has 0 fully saturated rings. The zero-order chi connectivity index (χ0) is 13.7. The van der Waals surface area contributed by atoms with Crippen molar-refractivity contribution in [1.29, 1.82) is 0 Å². The number of aromatic nitrogens is 5. The molecule has 1 amide bonds. The number of carbonyl (C=O) groups excluding carboxylic acids is 1. The highest BCUT2D eigenvalue weighted by atomic mass is 16.1. The smallest absolute Gasteiger partial charge is 0.226 e. The molecule has 0 spiro atoms. The average molecular weight is 268 g/mol. The summed E-state index contributed by atoms with van der Waals surface area (Å²) in [6.07, 6.45) is 5.73. The molecule has 0 aromatic carbocycles. The first-order valence-electron chi connectivity index (χ1n) is 6.37. The molecule has 100 valence electrons.